The van der Waals surface area contributed by atoms with E-state index < -0.39 is 11.7 Å². The predicted octanol–water partition coefficient (Wildman–Crippen LogP) is 4.70. The molecule has 2 atom stereocenters. The fourth-order valence-electron chi connectivity index (χ4n) is 4.25. The number of fused-ring (bicyclic) bond motifs is 1. The van der Waals surface area contributed by atoms with Gasteiger partial charge in [0, 0.05) is 36.2 Å². The van der Waals surface area contributed by atoms with Gasteiger partial charge in [-0.15, -0.1) is 0 Å². The Labute approximate surface area is 202 Å². The van der Waals surface area contributed by atoms with Gasteiger partial charge >= 0.3 is 12.1 Å². The molecule has 0 N–H and O–H groups in total. The van der Waals surface area contributed by atoms with Crippen molar-refractivity contribution in [2.45, 2.75) is 51.7 Å². The van der Waals surface area contributed by atoms with Crippen molar-refractivity contribution in [1.29, 1.82) is 0 Å². The van der Waals surface area contributed by atoms with E-state index in [1.165, 1.54) is 6.33 Å². The first-order valence-electron chi connectivity index (χ1n) is 11.2. The first kappa shape index (κ1) is 23.5. The highest BCUT2D eigenvalue weighted by molar-refractivity contribution is 9.10. The van der Waals surface area contributed by atoms with Crippen LogP contribution >= 0.6 is 15.9 Å². The zero-order chi connectivity index (χ0) is 23.8. The van der Waals surface area contributed by atoms with E-state index in [-0.39, 0.29) is 18.0 Å². The van der Waals surface area contributed by atoms with E-state index >= 15 is 0 Å². The molecule has 33 heavy (non-hydrogen) atoms. The van der Waals surface area contributed by atoms with Gasteiger partial charge in [-0.2, -0.15) is 0 Å². The number of amides is 1. The molecule has 1 aliphatic carbocycles. The van der Waals surface area contributed by atoms with Crippen molar-refractivity contribution in [1.82, 2.24) is 14.9 Å². The van der Waals surface area contributed by atoms with Crippen LogP contribution in [0.1, 0.15) is 67.8 Å². The summed E-state index contributed by atoms with van der Waals surface area (Å²) < 4.78 is 12.2. The molecule has 1 saturated heterocycles. The van der Waals surface area contributed by atoms with Gasteiger partial charge in [0.1, 0.15) is 23.9 Å². The molecule has 4 rings (SSSR count). The Bertz CT molecular complexity index is 1030. The van der Waals surface area contributed by atoms with E-state index in [4.69, 9.17) is 9.47 Å². The summed E-state index contributed by atoms with van der Waals surface area (Å²) in [5.41, 5.74) is 1.79. The van der Waals surface area contributed by atoms with Crippen molar-refractivity contribution < 1.29 is 19.1 Å². The minimum atomic E-state index is -0.514. The van der Waals surface area contributed by atoms with E-state index in [1.807, 2.05) is 32.9 Å². The average molecular weight is 517 g/mol. The van der Waals surface area contributed by atoms with E-state index in [0.717, 1.165) is 21.5 Å². The standard InChI is InChI=1S/C24H29BrN4O4/c1-15-13-18(32-22(30)16-5-7-17(25)8-6-16)20-19(15)21(27-14-26-20)28-9-11-29(12-10-28)23(31)33-24(2,3)4/h5-8,14-15,18H,9-13H2,1-4H3/t15-,18+/m1/s1. The molecule has 1 aromatic carbocycles. The first-order valence-corrected chi connectivity index (χ1v) is 12.0. The number of hydrogen-bond donors (Lipinski definition) is 0. The van der Waals surface area contributed by atoms with E-state index in [1.54, 1.807) is 17.0 Å². The fourth-order valence-corrected chi connectivity index (χ4v) is 4.51. The summed E-state index contributed by atoms with van der Waals surface area (Å²) in [6.45, 7) is 10.1. The van der Waals surface area contributed by atoms with Crippen molar-refractivity contribution in [3.05, 3.63) is 51.9 Å². The van der Waals surface area contributed by atoms with Crippen molar-refractivity contribution in [2.75, 3.05) is 31.1 Å². The molecule has 1 amide bonds. The molecule has 9 heteroatoms. The highest BCUT2D eigenvalue weighted by Gasteiger charge is 2.37. The minimum Gasteiger partial charge on any atom is -0.452 e. The van der Waals surface area contributed by atoms with Crippen LogP contribution in [0.15, 0.2) is 35.1 Å². The Morgan fingerprint density at radius 3 is 2.36 bits per heavy atom. The number of hydrogen-bond acceptors (Lipinski definition) is 7. The second-order valence-electron chi connectivity index (χ2n) is 9.49. The number of esters is 1. The smallest absolute Gasteiger partial charge is 0.410 e. The molecule has 1 aromatic heterocycles. The molecule has 0 radical (unpaired) electrons. The van der Waals surface area contributed by atoms with Crippen molar-refractivity contribution in [3.63, 3.8) is 0 Å². The lowest BCUT2D eigenvalue weighted by Gasteiger charge is -2.37. The Morgan fingerprint density at radius 2 is 1.73 bits per heavy atom. The second-order valence-corrected chi connectivity index (χ2v) is 10.4. The van der Waals surface area contributed by atoms with Gasteiger partial charge in [-0.05, 0) is 57.4 Å². The van der Waals surface area contributed by atoms with Crippen molar-refractivity contribution in [2.24, 2.45) is 0 Å². The zero-order valence-corrected chi connectivity index (χ0v) is 21.0. The van der Waals surface area contributed by atoms with Crippen LogP contribution in [0.2, 0.25) is 0 Å². The van der Waals surface area contributed by atoms with Gasteiger partial charge in [-0.1, -0.05) is 22.9 Å². The predicted molar refractivity (Wildman–Crippen MR) is 127 cm³/mol. The highest BCUT2D eigenvalue weighted by atomic mass is 79.9. The Balaban J connectivity index is 1.46. The number of halogens is 1. The van der Waals surface area contributed by atoms with E-state index in [2.05, 4.69) is 37.7 Å². The summed E-state index contributed by atoms with van der Waals surface area (Å²) in [6.07, 6.45) is 1.51. The van der Waals surface area contributed by atoms with Gasteiger partial charge in [-0.25, -0.2) is 19.6 Å². The molecular formula is C24H29BrN4O4. The van der Waals surface area contributed by atoms with Crippen LogP contribution in [0.25, 0.3) is 0 Å². The van der Waals surface area contributed by atoms with Gasteiger partial charge in [0.25, 0.3) is 0 Å². The third-order valence-electron chi connectivity index (χ3n) is 5.82. The van der Waals surface area contributed by atoms with E-state index in [9.17, 15) is 9.59 Å². The molecule has 0 bridgehead atoms. The highest BCUT2D eigenvalue weighted by Crippen LogP contribution is 2.45. The number of aromatic nitrogens is 2. The van der Waals surface area contributed by atoms with Gasteiger partial charge in [-0.3, -0.25) is 0 Å². The first-order chi connectivity index (χ1) is 15.6. The molecule has 2 heterocycles. The van der Waals surface area contributed by atoms with Crippen molar-refractivity contribution in [3.8, 4) is 0 Å². The molecule has 0 saturated carbocycles. The van der Waals surface area contributed by atoms with Gasteiger partial charge < -0.3 is 19.3 Å². The van der Waals surface area contributed by atoms with Crippen molar-refractivity contribution >= 4 is 33.8 Å². The summed E-state index contributed by atoms with van der Waals surface area (Å²) in [4.78, 5) is 38.0. The Hall–Kier alpha value is -2.68. The van der Waals surface area contributed by atoms with Crippen LogP contribution < -0.4 is 4.90 Å². The van der Waals surface area contributed by atoms with Crippen LogP contribution in [0.3, 0.4) is 0 Å². The number of anilines is 1. The maximum Gasteiger partial charge on any atom is 0.410 e. The monoisotopic (exact) mass is 516 g/mol. The Morgan fingerprint density at radius 1 is 1.06 bits per heavy atom. The van der Waals surface area contributed by atoms with Gasteiger partial charge in [0.15, 0.2) is 0 Å². The van der Waals surface area contributed by atoms with Gasteiger partial charge in [0.2, 0.25) is 0 Å². The molecular weight excluding hydrogens is 488 g/mol. The molecule has 0 unspecified atom stereocenters. The normalized spacial score (nSPS) is 20.4. The van der Waals surface area contributed by atoms with Crippen LogP contribution in [0.4, 0.5) is 10.6 Å². The minimum absolute atomic E-state index is 0.155. The van der Waals surface area contributed by atoms with E-state index in [0.29, 0.717) is 38.2 Å². The SMILES string of the molecule is C[C@@H]1C[C@H](OC(=O)c2ccc(Br)cc2)c2ncnc(N3CCN(C(=O)OC(C)(C)C)CC3)c21. The summed E-state index contributed by atoms with van der Waals surface area (Å²) in [6, 6.07) is 7.11. The molecule has 2 aromatic rings. The number of benzene rings is 1. The molecule has 176 valence electrons. The van der Waals surface area contributed by atoms with Crippen LogP contribution in [-0.2, 0) is 9.47 Å². The number of carbonyl (C=O) groups is 2. The zero-order valence-electron chi connectivity index (χ0n) is 19.4. The number of rotatable bonds is 3. The lowest BCUT2D eigenvalue weighted by molar-refractivity contribution is 0.0238. The number of ether oxygens (including phenoxy) is 2. The fraction of sp³-hybridized carbons (Fsp3) is 0.500. The number of piperazine rings is 1. The number of carbonyl (C=O) groups excluding carboxylic acids is 2. The molecule has 2 aliphatic rings. The second kappa shape index (κ2) is 9.29. The topological polar surface area (TPSA) is 84.9 Å². The van der Waals surface area contributed by atoms with Crippen LogP contribution in [0.5, 0.6) is 0 Å². The third kappa shape index (κ3) is 5.29. The quantitative estimate of drug-likeness (QED) is 0.546. The Kier molecular flexibility index (Phi) is 6.61. The largest absolute Gasteiger partial charge is 0.452 e. The third-order valence-corrected chi connectivity index (χ3v) is 6.35. The molecule has 0 spiro atoms. The molecule has 1 fully saturated rings. The lowest BCUT2D eigenvalue weighted by Crippen LogP contribution is -2.50. The lowest BCUT2D eigenvalue weighted by atomic mass is 10.1. The van der Waals surface area contributed by atoms with Gasteiger partial charge in [0.05, 0.1) is 11.3 Å². The maximum absolute atomic E-state index is 12.7. The summed E-state index contributed by atoms with van der Waals surface area (Å²) in [7, 11) is 0. The number of nitrogens with zero attached hydrogens (tertiary/aromatic N) is 4. The van der Waals surface area contributed by atoms with Crippen LogP contribution in [-0.4, -0.2) is 58.7 Å². The summed E-state index contributed by atoms with van der Waals surface area (Å²) in [5.74, 6) is 0.653. The summed E-state index contributed by atoms with van der Waals surface area (Å²) in [5, 5.41) is 0. The molecule has 8 nitrogen and oxygen atoms in total. The molecule has 1 aliphatic heterocycles. The maximum atomic E-state index is 12.7. The summed E-state index contributed by atoms with van der Waals surface area (Å²) >= 11 is 3.38. The van der Waals surface area contributed by atoms with Crippen LogP contribution in [0, 0.1) is 0 Å². The average Bonchev–Trinajstić information content (AvgIpc) is 3.08.